The van der Waals surface area contributed by atoms with Crippen LogP contribution in [0.4, 0.5) is 0 Å². The van der Waals surface area contributed by atoms with Crippen LogP contribution in [-0.2, 0) is 30.2 Å². The number of esters is 1. The third kappa shape index (κ3) is 11.3. The van der Waals surface area contributed by atoms with E-state index in [4.69, 9.17) is 19.7 Å². The first-order chi connectivity index (χ1) is 16.8. The molecule has 0 aromatic heterocycles. The van der Waals surface area contributed by atoms with E-state index in [0.29, 0.717) is 18.8 Å². The molecule has 1 unspecified atom stereocenters. The Bertz CT molecular complexity index is 1000. The summed E-state index contributed by atoms with van der Waals surface area (Å²) in [5.41, 5.74) is 6.98. The normalized spacial score (nSPS) is 14.0. The Morgan fingerprint density at radius 2 is 1.74 bits per heavy atom. The fourth-order valence-corrected chi connectivity index (χ4v) is 4.85. The third-order valence-electron chi connectivity index (χ3n) is 4.77. The van der Waals surface area contributed by atoms with E-state index in [9.17, 15) is 14.2 Å². The Kier molecular flexibility index (Phi) is 12.2. The van der Waals surface area contributed by atoms with Gasteiger partial charge in [0, 0.05) is 0 Å². The molecule has 0 heterocycles. The maximum Gasteiger partial charge on any atom is 0.323 e. The zero-order valence-corrected chi connectivity index (χ0v) is 21.0. The van der Waals surface area contributed by atoms with Crippen LogP contribution in [-0.4, -0.2) is 44.0 Å². The first kappa shape index (κ1) is 28.3. The molecule has 10 heteroatoms. The van der Waals surface area contributed by atoms with Gasteiger partial charge >= 0.3 is 13.5 Å². The van der Waals surface area contributed by atoms with Crippen LogP contribution < -0.4 is 20.7 Å². The second-order valence-electron chi connectivity index (χ2n) is 7.88. The molecule has 0 aliphatic rings. The molecule has 0 spiro atoms. The van der Waals surface area contributed by atoms with Crippen molar-refractivity contribution >= 4 is 19.4 Å². The average molecular weight is 504 g/mol. The third-order valence-corrected chi connectivity index (χ3v) is 6.90. The molecule has 0 radical (unpaired) electrons. The number of para-hydroxylation sites is 1. The number of hydrogen-bond acceptors (Lipinski definition) is 7. The van der Waals surface area contributed by atoms with Gasteiger partial charge in [-0.25, -0.2) is 5.09 Å². The molecule has 190 valence electrons. The molecule has 0 fully saturated rings. The van der Waals surface area contributed by atoms with Crippen molar-refractivity contribution in [2.75, 3.05) is 26.0 Å². The quantitative estimate of drug-likeness (QED) is 0.111. The zero-order chi connectivity index (χ0) is 25.5. The van der Waals surface area contributed by atoms with Gasteiger partial charge < -0.3 is 25.0 Å². The molecule has 4 N–H and O–H groups in total. The van der Waals surface area contributed by atoms with Crippen LogP contribution >= 0.6 is 7.52 Å². The monoisotopic (exact) mass is 503 g/mol. The van der Waals surface area contributed by atoms with Crippen molar-refractivity contribution in [1.29, 1.82) is 0 Å². The minimum Gasteiger partial charge on any atom is -0.460 e. The number of allylic oxidation sites excluding steroid dienone is 1. The highest BCUT2D eigenvalue weighted by atomic mass is 31.2. The van der Waals surface area contributed by atoms with E-state index >= 15 is 0 Å². The van der Waals surface area contributed by atoms with Gasteiger partial charge in [-0.1, -0.05) is 60.2 Å². The largest absolute Gasteiger partial charge is 0.460 e. The van der Waals surface area contributed by atoms with Gasteiger partial charge in [-0.15, -0.1) is 0 Å². The van der Waals surface area contributed by atoms with E-state index in [2.05, 4.69) is 10.4 Å². The first-order valence-corrected chi connectivity index (χ1v) is 13.1. The van der Waals surface area contributed by atoms with E-state index in [0.717, 1.165) is 11.1 Å². The zero-order valence-electron chi connectivity index (χ0n) is 20.1. The summed E-state index contributed by atoms with van der Waals surface area (Å²) in [5, 5.41) is 5.38. The topological polar surface area (TPSA) is 129 Å². The molecule has 9 nitrogen and oxygen atoms in total. The molecular weight excluding hydrogens is 469 g/mol. The molecule has 35 heavy (non-hydrogen) atoms. The lowest BCUT2D eigenvalue weighted by Gasteiger charge is -2.23. The number of carbonyl (C=O) groups excluding carboxylic acids is 2. The molecule has 2 aromatic carbocycles. The highest BCUT2D eigenvalue weighted by Gasteiger charge is 2.29. The van der Waals surface area contributed by atoms with Crippen molar-refractivity contribution in [3.8, 4) is 5.75 Å². The Labute approximate surface area is 206 Å². The lowest BCUT2D eigenvalue weighted by molar-refractivity contribution is -0.146. The minimum atomic E-state index is -3.46. The van der Waals surface area contributed by atoms with Gasteiger partial charge in [-0.05, 0) is 38.0 Å². The number of rotatable bonds is 15. The van der Waals surface area contributed by atoms with Crippen LogP contribution in [0.15, 0.2) is 72.3 Å². The molecule has 2 aromatic rings. The molecule has 0 aliphatic carbocycles. The van der Waals surface area contributed by atoms with Gasteiger partial charge in [-0.2, -0.15) is 0 Å². The Hall–Kier alpha value is -2.97. The van der Waals surface area contributed by atoms with Crippen LogP contribution in [0.2, 0.25) is 0 Å². The Balaban J connectivity index is 1.94. The van der Waals surface area contributed by atoms with Gasteiger partial charge in [0.2, 0.25) is 5.91 Å². The van der Waals surface area contributed by atoms with Gasteiger partial charge in [0.1, 0.15) is 25.1 Å². The molecule has 2 atom stereocenters. The van der Waals surface area contributed by atoms with E-state index in [1.165, 1.54) is 0 Å². The molecule has 2 rings (SSSR count). The van der Waals surface area contributed by atoms with Crippen molar-refractivity contribution in [2.45, 2.75) is 32.9 Å². The number of benzene rings is 2. The summed E-state index contributed by atoms with van der Waals surface area (Å²) in [6.07, 6.45) is 2.46. The Morgan fingerprint density at radius 3 is 2.40 bits per heavy atom. The molecule has 0 aliphatic heterocycles. The van der Waals surface area contributed by atoms with Crippen molar-refractivity contribution < 1.29 is 28.2 Å². The van der Waals surface area contributed by atoms with Gasteiger partial charge in [-0.3, -0.25) is 14.2 Å². The van der Waals surface area contributed by atoms with E-state index in [-0.39, 0.29) is 32.0 Å². The average Bonchev–Trinajstić information content (AvgIpc) is 2.86. The molecule has 0 saturated heterocycles. The summed E-state index contributed by atoms with van der Waals surface area (Å²) >= 11 is 0. The van der Waals surface area contributed by atoms with E-state index < -0.39 is 19.5 Å². The molecule has 0 saturated carbocycles. The summed E-state index contributed by atoms with van der Waals surface area (Å²) in [6, 6.07) is 17.3. The number of ether oxygens (including phenoxy) is 2. The predicted molar refractivity (Wildman–Crippen MR) is 135 cm³/mol. The van der Waals surface area contributed by atoms with Crippen LogP contribution in [0, 0.1) is 0 Å². The second kappa shape index (κ2) is 15.1. The standard InChI is InChI=1S/C25H34N3O6P/c1-20(17-32-19-27-24(29)16-26)10-9-15-35(31,34-23-13-7-4-8-14-23)28-21(2)25(30)33-18-22-11-5-3-6-12-22/h3-8,10-14,21H,9,15-19,26H2,1-2H3,(H,27,29)(H,28,31)/b20-10+/t21-,35?/m0/s1. The highest BCUT2D eigenvalue weighted by Crippen LogP contribution is 2.44. The van der Waals surface area contributed by atoms with Crippen molar-refractivity contribution in [3.63, 3.8) is 0 Å². The Morgan fingerprint density at radius 1 is 1.09 bits per heavy atom. The van der Waals surface area contributed by atoms with Gasteiger partial charge in [0.05, 0.1) is 19.3 Å². The molecule has 1 amide bonds. The second-order valence-corrected chi connectivity index (χ2v) is 10.1. The summed E-state index contributed by atoms with van der Waals surface area (Å²) in [4.78, 5) is 23.6. The van der Waals surface area contributed by atoms with Crippen molar-refractivity contribution in [1.82, 2.24) is 10.4 Å². The van der Waals surface area contributed by atoms with Crippen molar-refractivity contribution in [3.05, 3.63) is 77.9 Å². The van der Waals surface area contributed by atoms with Crippen LogP contribution in [0.3, 0.4) is 0 Å². The fourth-order valence-electron chi connectivity index (χ4n) is 2.95. The number of nitrogens with two attached hydrogens (primary N) is 1. The van der Waals surface area contributed by atoms with E-state index in [1.54, 1.807) is 31.2 Å². The summed E-state index contributed by atoms with van der Waals surface area (Å²) in [6.45, 7) is 3.85. The van der Waals surface area contributed by atoms with E-state index in [1.807, 2.05) is 49.4 Å². The highest BCUT2D eigenvalue weighted by molar-refractivity contribution is 7.57. The number of hydrogen-bond donors (Lipinski definition) is 3. The van der Waals surface area contributed by atoms with Crippen LogP contribution in [0.1, 0.15) is 25.8 Å². The lowest BCUT2D eigenvalue weighted by Crippen LogP contribution is -2.35. The van der Waals surface area contributed by atoms with Gasteiger partial charge in [0.25, 0.3) is 0 Å². The summed E-state index contributed by atoms with van der Waals surface area (Å²) in [7, 11) is -3.46. The van der Waals surface area contributed by atoms with Gasteiger partial charge in [0.15, 0.2) is 0 Å². The van der Waals surface area contributed by atoms with Crippen LogP contribution in [0.25, 0.3) is 0 Å². The maximum atomic E-state index is 13.7. The summed E-state index contributed by atoms with van der Waals surface area (Å²) in [5.74, 6) is -0.383. The number of carbonyl (C=O) groups is 2. The lowest BCUT2D eigenvalue weighted by atomic mass is 10.2. The molecular formula is C25H34N3O6P. The van der Waals surface area contributed by atoms with Crippen molar-refractivity contribution in [2.24, 2.45) is 5.73 Å². The number of nitrogens with one attached hydrogen (secondary N) is 2. The minimum absolute atomic E-state index is 0.0565. The molecule has 0 bridgehead atoms. The number of amides is 1. The predicted octanol–water partition coefficient (Wildman–Crippen LogP) is 3.37. The SMILES string of the molecule is C/C(=C\CCP(=O)(N[C@@H](C)C(=O)OCc1ccccc1)Oc1ccccc1)COCNC(=O)CN. The fraction of sp³-hybridized carbons (Fsp3) is 0.360. The van der Waals surface area contributed by atoms with Crippen LogP contribution in [0.5, 0.6) is 5.75 Å². The smallest absolute Gasteiger partial charge is 0.323 e. The first-order valence-electron chi connectivity index (χ1n) is 11.3. The summed E-state index contributed by atoms with van der Waals surface area (Å²) < 4.78 is 30.2. The maximum absolute atomic E-state index is 13.7.